The summed E-state index contributed by atoms with van der Waals surface area (Å²) in [7, 11) is 1.58. The Kier molecular flexibility index (Phi) is 5.30. The average molecular weight is 404 g/mol. The topological polar surface area (TPSA) is 99.2 Å². The van der Waals surface area contributed by atoms with Crippen LogP contribution in [0.5, 0.6) is 5.75 Å². The molecular weight excluding hydrogens is 384 g/mol. The van der Waals surface area contributed by atoms with Gasteiger partial charge in [-0.25, -0.2) is 4.98 Å². The molecular formula is C22H20N4O4. The number of aryl methyl sites for hydroxylation is 2. The summed E-state index contributed by atoms with van der Waals surface area (Å²) in [5.74, 6) is 0.636. The Bertz CT molecular complexity index is 1260. The van der Waals surface area contributed by atoms with Crippen molar-refractivity contribution in [3.05, 3.63) is 87.9 Å². The Morgan fingerprint density at radius 2 is 2.07 bits per heavy atom. The van der Waals surface area contributed by atoms with Gasteiger partial charge in [0.25, 0.3) is 11.5 Å². The standard InChI is InChI=1S/C22H20N4O4/c1-14-18(19-21(30-14)25-13-26(2)22(19)28)20(27)24-11-15-6-5-8-17(10-15)29-12-16-7-3-4-9-23-16/h3-10,13H,11-12H2,1-2H3,(H,24,27). The van der Waals surface area contributed by atoms with Crippen molar-refractivity contribution in [1.82, 2.24) is 19.9 Å². The molecule has 4 aromatic rings. The molecule has 0 aliphatic carbocycles. The lowest BCUT2D eigenvalue weighted by molar-refractivity contribution is 0.0950. The van der Waals surface area contributed by atoms with Gasteiger partial charge in [-0.15, -0.1) is 0 Å². The number of hydrogen-bond donors (Lipinski definition) is 1. The van der Waals surface area contributed by atoms with E-state index in [-0.39, 0.29) is 28.8 Å². The highest BCUT2D eigenvalue weighted by Gasteiger charge is 2.22. The molecule has 0 saturated carbocycles. The molecule has 0 unspecified atom stereocenters. The number of carbonyl (C=O) groups is 1. The van der Waals surface area contributed by atoms with Crippen molar-refractivity contribution < 1.29 is 13.9 Å². The zero-order valence-electron chi connectivity index (χ0n) is 16.6. The van der Waals surface area contributed by atoms with Gasteiger partial charge in [0.2, 0.25) is 5.71 Å². The number of nitrogens with zero attached hydrogens (tertiary/aromatic N) is 3. The number of nitrogens with one attached hydrogen (secondary N) is 1. The molecule has 0 atom stereocenters. The number of pyridine rings is 1. The lowest BCUT2D eigenvalue weighted by Crippen LogP contribution is -2.25. The molecule has 0 bridgehead atoms. The number of benzene rings is 1. The highest BCUT2D eigenvalue weighted by Crippen LogP contribution is 2.21. The van der Waals surface area contributed by atoms with Crippen LogP contribution in [0.25, 0.3) is 11.1 Å². The fourth-order valence-electron chi connectivity index (χ4n) is 3.12. The Morgan fingerprint density at radius 1 is 1.20 bits per heavy atom. The maximum Gasteiger partial charge on any atom is 0.265 e. The maximum absolute atomic E-state index is 12.8. The summed E-state index contributed by atoms with van der Waals surface area (Å²) in [6.07, 6.45) is 3.08. The minimum atomic E-state index is -0.392. The van der Waals surface area contributed by atoms with Crippen LogP contribution in [-0.4, -0.2) is 20.4 Å². The van der Waals surface area contributed by atoms with Gasteiger partial charge in [-0.3, -0.25) is 14.6 Å². The van der Waals surface area contributed by atoms with Gasteiger partial charge >= 0.3 is 0 Å². The number of ether oxygens (including phenoxy) is 1. The van der Waals surface area contributed by atoms with Crippen LogP contribution in [0.15, 0.2) is 64.2 Å². The van der Waals surface area contributed by atoms with Gasteiger partial charge in [0, 0.05) is 19.8 Å². The molecule has 3 heterocycles. The predicted molar refractivity (Wildman–Crippen MR) is 110 cm³/mol. The van der Waals surface area contributed by atoms with Crippen LogP contribution in [0, 0.1) is 6.92 Å². The number of rotatable bonds is 6. The third kappa shape index (κ3) is 3.93. The Labute approximate surface area is 172 Å². The molecule has 3 aromatic heterocycles. The van der Waals surface area contributed by atoms with Crippen LogP contribution >= 0.6 is 0 Å². The molecule has 30 heavy (non-hydrogen) atoms. The van der Waals surface area contributed by atoms with Crippen molar-refractivity contribution >= 4 is 17.0 Å². The van der Waals surface area contributed by atoms with E-state index in [0.29, 0.717) is 18.1 Å². The summed E-state index contributed by atoms with van der Waals surface area (Å²) < 4.78 is 12.6. The molecule has 0 spiro atoms. The lowest BCUT2D eigenvalue weighted by atomic mass is 10.1. The Morgan fingerprint density at radius 3 is 2.87 bits per heavy atom. The van der Waals surface area contributed by atoms with Gasteiger partial charge in [-0.2, -0.15) is 0 Å². The fourth-order valence-corrected chi connectivity index (χ4v) is 3.12. The summed E-state index contributed by atoms with van der Waals surface area (Å²) in [5, 5.41) is 3.02. The zero-order valence-corrected chi connectivity index (χ0v) is 16.6. The van der Waals surface area contributed by atoms with Crippen LogP contribution < -0.4 is 15.6 Å². The zero-order chi connectivity index (χ0) is 21.1. The molecule has 1 N–H and O–H groups in total. The first-order valence-electron chi connectivity index (χ1n) is 9.37. The second-order valence-corrected chi connectivity index (χ2v) is 6.81. The average Bonchev–Trinajstić information content (AvgIpc) is 3.11. The Hall–Kier alpha value is -3.94. The van der Waals surface area contributed by atoms with E-state index in [2.05, 4.69) is 15.3 Å². The predicted octanol–water partition coefficient (Wildman–Crippen LogP) is 2.74. The minimum absolute atomic E-state index is 0.158. The van der Waals surface area contributed by atoms with Gasteiger partial charge in [0.15, 0.2) is 0 Å². The van der Waals surface area contributed by atoms with Crippen LogP contribution in [0.3, 0.4) is 0 Å². The first kappa shape index (κ1) is 19.4. The van der Waals surface area contributed by atoms with E-state index >= 15 is 0 Å². The van der Waals surface area contributed by atoms with Crippen LogP contribution in [0.4, 0.5) is 0 Å². The number of aromatic nitrogens is 3. The molecule has 8 heteroatoms. The van der Waals surface area contributed by atoms with Gasteiger partial charge in [0.1, 0.15) is 29.8 Å². The quantitative estimate of drug-likeness (QED) is 0.531. The number of fused-ring (bicyclic) bond motifs is 1. The van der Waals surface area contributed by atoms with Crippen molar-refractivity contribution in [2.45, 2.75) is 20.1 Å². The second-order valence-electron chi connectivity index (χ2n) is 6.81. The summed E-state index contributed by atoms with van der Waals surface area (Å²) in [4.78, 5) is 33.5. The normalized spacial score (nSPS) is 10.9. The molecule has 0 saturated heterocycles. The first-order chi connectivity index (χ1) is 14.5. The molecule has 1 amide bonds. The number of amides is 1. The van der Waals surface area contributed by atoms with Crippen molar-refractivity contribution in [3.63, 3.8) is 0 Å². The van der Waals surface area contributed by atoms with Crippen molar-refractivity contribution in [3.8, 4) is 5.75 Å². The molecule has 0 fully saturated rings. The monoisotopic (exact) mass is 404 g/mol. The van der Waals surface area contributed by atoms with Crippen LogP contribution in [0.1, 0.15) is 27.4 Å². The van der Waals surface area contributed by atoms with Gasteiger partial charge in [-0.05, 0) is 36.8 Å². The van der Waals surface area contributed by atoms with E-state index in [4.69, 9.17) is 9.15 Å². The van der Waals surface area contributed by atoms with Crippen molar-refractivity contribution in [2.24, 2.45) is 7.05 Å². The van der Waals surface area contributed by atoms with Crippen molar-refractivity contribution in [2.75, 3.05) is 0 Å². The highest BCUT2D eigenvalue weighted by atomic mass is 16.5. The number of furan rings is 1. The highest BCUT2D eigenvalue weighted by molar-refractivity contribution is 6.06. The minimum Gasteiger partial charge on any atom is -0.487 e. The summed E-state index contributed by atoms with van der Waals surface area (Å²) >= 11 is 0. The SMILES string of the molecule is Cc1oc2ncn(C)c(=O)c2c1C(=O)NCc1cccc(OCc2ccccn2)c1. The molecule has 8 nitrogen and oxygen atoms in total. The summed E-state index contributed by atoms with van der Waals surface area (Å²) in [6, 6.07) is 13.1. The molecule has 152 valence electrons. The third-order valence-electron chi connectivity index (χ3n) is 4.64. The summed E-state index contributed by atoms with van der Waals surface area (Å²) in [6.45, 7) is 2.27. The van der Waals surface area contributed by atoms with E-state index in [1.807, 2.05) is 42.5 Å². The van der Waals surface area contributed by atoms with E-state index < -0.39 is 5.91 Å². The van der Waals surface area contributed by atoms with E-state index in [0.717, 1.165) is 11.3 Å². The molecule has 0 aliphatic heterocycles. The second kappa shape index (κ2) is 8.20. The smallest absolute Gasteiger partial charge is 0.265 e. The summed E-state index contributed by atoms with van der Waals surface area (Å²) in [5.41, 5.74) is 1.73. The van der Waals surface area contributed by atoms with Gasteiger partial charge < -0.3 is 19.0 Å². The molecule has 1 aromatic carbocycles. The largest absolute Gasteiger partial charge is 0.487 e. The van der Waals surface area contributed by atoms with E-state index in [9.17, 15) is 9.59 Å². The Balaban J connectivity index is 1.47. The fraction of sp³-hybridized carbons (Fsp3) is 0.182. The first-order valence-corrected chi connectivity index (χ1v) is 9.37. The van der Waals surface area contributed by atoms with E-state index in [1.165, 1.54) is 10.9 Å². The van der Waals surface area contributed by atoms with Crippen LogP contribution in [0.2, 0.25) is 0 Å². The number of hydrogen-bond acceptors (Lipinski definition) is 6. The van der Waals surface area contributed by atoms with Gasteiger partial charge in [0.05, 0.1) is 11.3 Å². The molecule has 4 rings (SSSR count). The molecule has 0 radical (unpaired) electrons. The lowest BCUT2D eigenvalue weighted by Gasteiger charge is -2.09. The third-order valence-corrected chi connectivity index (χ3v) is 4.64. The van der Waals surface area contributed by atoms with E-state index in [1.54, 1.807) is 20.2 Å². The van der Waals surface area contributed by atoms with Crippen molar-refractivity contribution in [1.29, 1.82) is 0 Å². The van der Waals surface area contributed by atoms with Gasteiger partial charge in [-0.1, -0.05) is 18.2 Å². The van der Waals surface area contributed by atoms with Crippen LogP contribution in [-0.2, 0) is 20.2 Å². The number of carbonyl (C=O) groups excluding carboxylic acids is 1. The molecule has 0 aliphatic rings. The maximum atomic E-state index is 12.8.